The number of benzene rings is 2. The molecule has 1 heterocycles. The van der Waals surface area contributed by atoms with Crippen molar-refractivity contribution < 1.29 is 45.8 Å². The van der Waals surface area contributed by atoms with Crippen molar-refractivity contribution in [2.45, 2.75) is 25.7 Å². The average molecular weight is 621 g/mol. The van der Waals surface area contributed by atoms with Crippen LogP contribution in [-0.2, 0) is 33.8 Å². The fourth-order valence-corrected chi connectivity index (χ4v) is 5.57. The van der Waals surface area contributed by atoms with E-state index in [1.807, 2.05) is 6.07 Å². The predicted octanol–water partition coefficient (Wildman–Crippen LogP) is 3.85. The molecule has 234 valence electrons. The molecule has 0 atom stereocenters. The summed E-state index contributed by atoms with van der Waals surface area (Å²) in [6, 6.07) is 9.12. The smallest absolute Gasteiger partial charge is 0.332 e. The summed E-state index contributed by atoms with van der Waals surface area (Å²) >= 11 is 0. The summed E-state index contributed by atoms with van der Waals surface area (Å²) in [6.07, 6.45) is 2.92. The summed E-state index contributed by atoms with van der Waals surface area (Å²) in [7, 11) is -2.19. The number of esters is 1. The lowest BCUT2D eigenvalue weighted by molar-refractivity contribution is -0.149. The molecule has 4 rings (SSSR count). The minimum atomic E-state index is -3.71. The van der Waals surface area contributed by atoms with E-state index in [4.69, 9.17) is 23.4 Å². The molecule has 1 saturated carbocycles. The molecule has 3 aromatic rings. The SMILES string of the molecule is CCOC(=O)COCCOCCOCCN(c1cc2oc(-c3ccc(F)cc3)c(C(=O)NC)c2cc1C1CC1)S(C)(=O)=O. The van der Waals surface area contributed by atoms with Crippen LogP contribution in [0.25, 0.3) is 22.3 Å². The van der Waals surface area contributed by atoms with Gasteiger partial charge in [-0.1, -0.05) is 0 Å². The lowest BCUT2D eigenvalue weighted by atomic mass is 10.0. The van der Waals surface area contributed by atoms with Crippen LogP contribution in [0.1, 0.15) is 41.6 Å². The van der Waals surface area contributed by atoms with Gasteiger partial charge < -0.3 is 28.7 Å². The highest BCUT2D eigenvalue weighted by Crippen LogP contribution is 2.48. The third kappa shape index (κ3) is 8.53. The maximum absolute atomic E-state index is 13.6. The molecule has 0 saturated heterocycles. The van der Waals surface area contributed by atoms with Crippen LogP contribution in [0.5, 0.6) is 0 Å². The molecule has 0 spiro atoms. The van der Waals surface area contributed by atoms with Crippen molar-refractivity contribution in [2.75, 3.05) is 70.4 Å². The monoisotopic (exact) mass is 620 g/mol. The van der Waals surface area contributed by atoms with E-state index in [1.165, 1.54) is 35.6 Å². The van der Waals surface area contributed by atoms with Crippen LogP contribution >= 0.6 is 0 Å². The van der Waals surface area contributed by atoms with Gasteiger partial charge in [0.15, 0.2) is 0 Å². The van der Waals surface area contributed by atoms with Crippen molar-refractivity contribution in [1.82, 2.24) is 5.32 Å². The first-order chi connectivity index (χ1) is 20.6. The first-order valence-electron chi connectivity index (χ1n) is 14.1. The Morgan fingerprint density at radius 1 is 1.02 bits per heavy atom. The van der Waals surface area contributed by atoms with Crippen molar-refractivity contribution in [3.63, 3.8) is 0 Å². The number of carbonyl (C=O) groups excluding carboxylic acids is 2. The van der Waals surface area contributed by atoms with Crippen LogP contribution in [0.3, 0.4) is 0 Å². The van der Waals surface area contributed by atoms with Crippen LogP contribution in [0.15, 0.2) is 40.8 Å². The molecule has 43 heavy (non-hydrogen) atoms. The van der Waals surface area contributed by atoms with E-state index in [0.29, 0.717) is 34.4 Å². The van der Waals surface area contributed by atoms with Crippen molar-refractivity contribution in [1.29, 1.82) is 0 Å². The van der Waals surface area contributed by atoms with E-state index in [0.717, 1.165) is 24.7 Å². The number of anilines is 1. The quantitative estimate of drug-likeness (QED) is 0.176. The third-order valence-electron chi connectivity index (χ3n) is 6.79. The third-order valence-corrected chi connectivity index (χ3v) is 7.97. The van der Waals surface area contributed by atoms with Gasteiger partial charge in [-0.25, -0.2) is 17.6 Å². The van der Waals surface area contributed by atoms with E-state index in [1.54, 1.807) is 13.0 Å². The Balaban J connectivity index is 1.48. The number of sulfonamides is 1. The van der Waals surface area contributed by atoms with E-state index >= 15 is 0 Å². The van der Waals surface area contributed by atoms with Gasteiger partial charge in [-0.15, -0.1) is 0 Å². The molecule has 2 aromatic carbocycles. The fraction of sp³-hybridized carbons (Fsp3) is 0.467. The van der Waals surface area contributed by atoms with Gasteiger partial charge in [0.1, 0.15) is 23.8 Å². The van der Waals surface area contributed by atoms with Crippen LogP contribution in [-0.4, -0.2) is 86.4 Å². The zero-order chi connectivity index (χ0) is 31.0. The fourth-order valence-electron chi connectivity index (χ4n) is 4.65. The summed E-state index contributed by atoms with van der Waals surface area (Å²) < 4.78 is 68.0. The molecule has 1 fully saturated rings. The first-order valence-corrected chi connectivity index (χ1v) is 15.9. The summed E-state index contributed by atoms with van der Waals surface area (Å²) in [5, 5.41) is 3.20. The molecular weight excluding hydrogens is 583 g/mol. The number of nitrogens with zero attached hydrogens (tertiary/aromatic N) is 1. The average Bonchev–Trinajstić information content (AvgIpc) is 3.75. The number of halogens is 1. The molecular formula is C30H37FN2O9S. The first kappa shape index (κ1) is 32.4. The van der Waals surface area contributed by atoms with Gasteiger partial charge in [0, 0.05) is 24.1 Å². The largest absolute Gasteiger partial charge is 0.464 e. The molecule has 1 N–H and O–H groups in total. The Morgan fingerprint density at radius 2 is 1.67 bits per heavy atom. The van der Waals surface area contributed by atoms with Gasteiger partial charge in [-0.3, -0.25) is 9.10 Å². The van der Waals surface area contributed by atoms with Crippen molar-refractivity contribution >= 4 is 38.6 Å². The molecule has 0 bridgehead atoms. The molecule has 0 aliphatic heterocycles. The molecule has 0 unspecified atom stereocenters. The summed E-state index contributed by atoms with van der Waals surface area (Å²) in [4.78, 5) is 24.2. The van der Waals surface area contributed by atoms with Crippen LogP contribution in [0, 0.1) is 5.82 Å². The maximum Gasteiger partial charge on any atom is 0.332 e. The number of fused-ring (bicyclic) bond motifs is 1. The standard InChI is InChI=1S/C30H37FN2O9S/c1-4-41-27(34)19-40-16-15-39-14-13-38-12-11-33(43(3,36)37)25-18-26-24(17-23(25)20-5-6-20)28(30(35)32-2)29(42-26)21-7-9-22(31)10-8-21/h7-10,17-18,20H,4-6,11-16,19H2,1-3H3,(H,32,35). The topological polar surface area (TPSA) is 134 Å². The number of amides is 1. The number of hydrogen-bond donors (Lipinski definition) is 1. The van der Waals surface area contributed by atoms with Crippen molar-refractivity contribution in [3.8, 4) is 11.3 Å². The number of furan rings is 1. The van der Waals surface area contributed by atoms with E-state index in [9.17, 15) is 22.4 Å². The summed E-state index contributed by atoms with van der Waals surface area (Å²) in [6.45, 7) is 3.04. The summed E-state index contributed by atoms with van der Waals surface area (Å²) in [5.74, 6) is -0.803. The molecule has 0 radical (unpaired) electrons. The Labute approximate surface area is 250 Å². The van der Waals surface area contributed by atoms with Gasteiger partial charge in [-0.05, 0) is 61.6 Å². The van der Waals surface area contributed by atoms with Gasteiger partial charge in [0.25, 0.3) is 5.91 Å². The lowest BCUT2D eigenvalue weighted by Crippen LogP contribution is -2.34. The molecule has 1 aromatic heterocycles. The second-order valence-corrected chi connectivity index (χ2v) is 11.9. The Kier molecular flexibility index (Phi) is 11.1. The van der Waals surface area contributed by atoms with Crippen molar-refractivity contribution in [2.24, 2.45) is 0 Å². The van der Waals surface area contributed by atoms with E-state index in [2.05, 4.69) is 5.32 Å². The van der Waals surface area contributed by atoms with Gasteiger partial charge in [0.2, 0.25) is 10.0 Å². The second kappa shape index (κ2) is 14.8. The number of nitrogens with one attached hydrogen (secondary N) is 1. The van der Waals surface area contributed by atoms with Crippen molar-refractivity contribution in [3.05, 3.63) is 53.3 Å². The highest BCUT2D eigenvalue weighted by atomic mass is 32.2. The predicted molar refractivity (Wildman–Crippen MR) is 158 cm³/mol. The van der Waals surface area contributed by atoms with Crippen LogP contribution < -0.4 is 9.62 Å². The Morgan fingerprint density at radius 3 is 2.28 bits per heavy atom. The zero-order valence-corrected chi connectivity index (χ0v) is 25.3. The van der Waals surface area contributed by atoms with Gasteiger partial charge >= 0.3 is 5.97 Å². The number of carbonyl (C=O) groups is 2. The van der Waals surface area contributed by atoms with E-state index < -0.39 is 21.8 Å². The zero-order valence-electron chi connectivity index (χ0n) is 24.5. The Bertz CT molecular complexity index is 1520. The highest BCUT2D eigenvalue weighted by molar-refractivity contribution is 7.92. The minimum Gasteiger partial charge on any atom is -0.464 e. The Hall–Kier alpha value is -3.52. The molecule has 1 aliphatic carbocycles. The van der Waals surface area contributed by atoms with E-state index in [-0.39, 0.29) is 63.8 Å². The van der Waals surface area contributed by atoms with Crippen LogP contribution in [0.4, 0.5) is 10.1 Å². The molecule has 11 nitrogen and oxygen atoms in total. The van der Waals surface area contributed by atoms with Gasteiger partial charge in [-0.2, -0.15) is 0 Å². The molecule has 1 aliphatic rings. The number of ether oxygens (including phenoxy) is 4. The lowest BCUT2D eigenvalue weighted by Gasteiger charge is -2.25. The highest BCUT2D eigenvalue weighted by Gasteiger charge is 2.33. The van der Waals surface area contributed by atoms with Gasteiger partial charge in [0.05, 0.1) is 63.7 Å². The second-order valence-electron chi connectivity index (χ2n) is 9.99. The minimum absolute atomic E-state index is 0.0561. The molecule has 1 amide bonds. The molecule has 13 heteroatoms. The number of rotatable bonds is 17. The van der Waals surface area contributed by atoms with Crippen LogP contribution in [0.2, 0.25) is 0 Å². The summed E-state index contributed by atoms with van der Waals surface area (Å²) in [5.41, 5.74) is 2.44. The maximum atomic E-state index is 13.6. The normalized spacial score (nSPS) is 13.3. The number of hydrogen-bond acceptors (Lipinski definition) is 9.